The van der Waals surface area contributed by atoms with Gasteiger partial charge in [0.05, 0.1) is 17.2 Å². The van der Waals surface area contributed by atoms with Crippen molar-refractivity contribution in [2.45, 2.75) is 13.5 Å². The molecule has 96 valence electrons. The Kier molecular flexibility index (Phi) is 4.57. The van der Waals surface area contributed by atoms with Crippen molar-refractivity contribution in [3.63, 3.8) is 0 Å². The molecule has 0 fully saturated rings. The predicted molar refractivity (Wildman–Crippen MR) is 84.0 cm³/mol. The van der Waals surface area contributed by atoms with Gasteiger partial charge in [-0.25, -0.2) is 4.98 Å². The molecule has 2 aromatic rings. The summed E-state index contributed by atoms with van der Waals surface area (Å²) in [6.45, 7) is 2.35. The lowest BCUT2D eigenvalue weighted by atomic mass is 10.3. The molecule has 0 amide bonds. The molecule has 18 heavy (non-hydrogen) atoms. The third-order valence-electron chi connectivity index (χ3n) is 2.30. The van der Waals surface area contributed by atoms with Gasteiger partial charge in [0, 0.05) is 16.5 Å². The number of hydrogen-bond acceptors (Lipinski definition) is 4. The van der Waals surface area contributed by atoms with Crippen molar-refractivity contribution in [3.05, 3.63) is 35.0 Å². The number of nitrogens with one attached hydrogen (secondary N) is 1. The van der Waals surface area contributed by atoms with Crippen LogP contribution in [0.2, 0.25) is 0 Å². The molecule has 0 radical (unpaired) electrons. The highest BCUT2D eigenvalue weighted by molar-refractivity contribution is 14.1. The van der Waals surface area contributed by atoms with Gasteiger partial charge in [-0.1, -0.05) is 0 Å². The van der Waals surface area contributed by atoms with Crippen LogP contribution in [0.4, 0.5) is 0 Å². The Labute approximate surface area is 130 Å². The molecule has 0 bridgehead atoms. The minimum Gasteiger partial charge on any atom is -0.378 e. The fourth-order valence-electron chi connectivity index (χ4n) is 1.43. The summed E-state index contributed by atoms with van der Waals surface area (Å²) in [4.78, 5) is 21.2. The maximum atomic E-state index is 11.8. The second-order valence-corrected chi connectivity index (χ2v) is 6.81. The average molecular weight is 441 g/mol. The Morgan fingerprint density at radius 1 is 1.61 bits per heavy atom. The summed E-state index contributed by atoms with van der Waals surface area (Å²) in [5.74, 6) is 0.589. The molecule has 7 heteroatoms. The molecule has 4 nitrogen and oxygen atoms in total. The highest BCUT2D eigenvalue weighted by atomic mass is 127. The van der Waals surface area contributed by atoms with Gasteiger partial charge in [0.1, 0.15) is 3.57 Å². The average Bonchev–Trinajstić information content (AvgIpc) is 2.65. The zero-order valence-electron chi connectivity index (χ0n) is 9.71. The van der Waals surface area contributed by atoms with Crippen molar-refractivity contribution < 1.29 is 4.74 Å². The van der Waals surface area contributed by atoms with E-state index >= 15 is 0 Å². The van der Waals surface area contributed by atoms with Crippen LogP contribution in [0, 0.1) is 10.5 Å². The zero-order valence-corrected chi connectivity index (χ0v) is 14.3. The van der Waals surface area contributed by atoms with Crippen molar-refractivity contribution in [3.8, 4) is 10.7 Å². The number of thiophene rings is 1. The fraction of sp³-hybridized carbons (Fsp3) is 0.273. The molecule has 0 aliphatic rings. The molecule has 0 spiro atoms. The van der Waals surface area contributed by atoms with Gasteiger partial charge in [0.15, 0.2) is 5.82 Å². The summed E-state index contributed by atoms with van der Waals surface area (Å²) in [5, 5.41) is 0. The molecular formula is C11H10BrIN2O2S. The smallest absolute Gasteiger partial charge is 0.264 e. The lowest BCUT2D eigenvalue weighted by Gasteiger charge is -2.04. The Morgan fingerprint density at radius 2 is 2.33 bits per heavy atom. The van der Waals surface area contributed by atoms with E-state index in [9.17, 15) is 4.79 Å². The van der Waals surface area contributed by atoms with Crippen LogP contribution in [0.5, 0.6) is 0 Å². The van der Waals surface area contributed by atoms with Gasteiger partial charge in [0.25, 0.3) is 5.56 Å². The third-order valence-corrected chi connectivity index (χ3v) is 5.56. The monoisotopic (exact) mass is 440 g/mol. The van der Waals surface area contributed by atoms with Crippen LogP contribution in [0.3, 0.4) is 0 Å². The van der Waals surface area contributed by atoms with Crippen LogP contribution in [-0.4, -0.2) is 17.1 Å². The quantitative estimate of drug-likeness (QED) is 0.745. The number of rotatable bonds is 3. The molecule has 0 saturated carbocycles. The summed E-state index contributed by atoms with van der Waals surface area (Å²) in [6, 6.07) is 1.96. The number of hydrogen-bond donors (Lipinski definition) is 1. The van der Waals surface area contributed by atoms with Gasteiger partial charge in [-0.3, -0.25) is 4.79 Å². The molecule has 2 rings (SSSR count). The Bertz CT molecular complexity index is 619. The zero-order chi connectivity index (χ0) is 13.3. The number of H-pyrrole nitrogens is 1. The molecule has 0 aliphatic heterocycles. The first-order valence-corrected chi connectivity index (χ1v) is 7.75. The molecular weight excluding hydrogens is 431 g/mol. The molecule has 0 aliphatic carbocycles. The SMILES string of the molecule is COCc1nc(-c2cc(Br)c(C)s2)[nH]c(=O)c1I. The van der Waals surface area contributed by atoms with E-state index in [1.54, 1.807) is 18.4 Å². The Morgan fingerprint density at radius 3 is 2.89 bits per heavy atom. The second kappa shape index (κ2) is 5.81. The van der Waals surface area contributed by atoms with Gasteiger partial charge in [-0.2, -0.15) is 0 Å². The van der Waals surface area contributed by atoms with Gasteiger partial charge in [-0.15, -0.1) is 11.3 Å². The lowest BCUT2D eigenvalue weighted by molar-refractivity contribution is 0.180. The van der Waals surface area contributed by atoms with E-state index < -0.39 is 0 Å². The van der Waals surface area contributed by atoms with Crippen LogP contribution in [0.15, 0.2) is 15.3 Å². The normalized spacial score (nSPS) is 10.9. The van der Waals surface area contributed by atoms with E-state index in [0.717, 1.165) is 14.2 Å². The van der Waals surface area contributed by atoms with Gasteiger partial charge >= 0.3 is 0 Å². The summed E-state index contributed by atoms with van der Waals surface area (Å²) < 4.78 is 6.66. The lowest BCUT2D eigenvalue weighted by Crippen LogP contribution is -2.16. The van der Waals surface area contributed by atoms with Gasteiger partial charge in [-0.05, 0) is 51.5 Å². The highest BCUT2D eigenvalue weighted by Gasteiger charge is 2.12. The molecule has 0 aromatic carbocycles. The summed E-state index contributed by atoms with van der Waals surface area (Å²) in [6.07, 6.45) is 0. The van der Waals surface area contributed by atoms with Crippen LogP contribution < -0.4 is 5.56 Å². The molecule has 0 saturated heterocycles. The third kappa shape index (κ3) is 2.84. The number of aryl methyl sites for hydroxylation is 1. The number of halogens is 2. The first-order valence-electron chi connectivity index (χ1n) is 5.07. The molecule has 0 atom stereocenters. The second-order valence-electron chi connectivity index (χ2n) is 3.62. The standard InChI is InChI=1S/C11H10BrIN2O2S/c1-5-6(12)3-8(18-5)10-14-7(4-17-2)9(13)11(16)15-10/h3H,4H2,1-2H3,(H,14,15,16). The molecule has 2 aromatic heterocycles. The van der Waals surface area contributed by atoms with Gasteiger partial charge in [0.2, 0.25) is 0 Å². The van der Waals surface area contributed by atoms with E-state index in [4.69, 9.17) is 4.74 Å². The van der Waals surface area contributed by atoms with Crippen LogP contribution in [0.1, 0.15) is 10.6 Å². The van der Waals surface area contributed by atoms with Gasteiger partial charge < -0.3 is 9.72 Å². The number of aromatic nitrogens is 2. The Balaban J connectivity index is 2.55. The molecule has 0 unspecified atom stereocenters. The first kappa shape index (κ1) is 14.2. The van der Waals surface area contributed by atoms with E-state index in [2.05, 4.69) is 25.9 Å². The van der Waals surface area contributed by atoms with Crippen LogP contribution in [0.25, 0.3) is 10.7 Å². The number of aromatic amines is 1. The molecule has 2 heterocycles. The number of methoxy groups -OCH3 is 1. The number of ether oxygens (including phenoxy) is 1. The fourth-order valence-corrected chi connectivity index (χ4v) is 3.32. The Hall–Kier alpha value is -0.250. The van der Waals surface area contributed by atoms with E-state index in [0.29, 0.717) is 21.7 Å². The maximum Gasteiger partial charge on any atom is 0.264 e. The molecule has 1 N–H and O–H groups in total. The maximum absolute atomic E-state index is 11.8. The largest absolute Gasteiger partial charge is 0.378 e. The van der Waals surface area contributed by atoms with Crippen molar-refractivity contribution in [1.82, 2.24) is 9.97 Å². The predicted octanol–water partition coefficient (Wildman–Crippen LogP) is 3.32. The van der Waals surface area contributed by atoms with E-state index in [1.807, 2.05) is 35.6 Å². The van der Waals surface area contributed by atoms with Crippen LogP contribution >= 0.6 is 49.9 Å². The number of nitrogens with zero attached hydrogens (tertiary/aromatic N) is 1. The summed E-state index contributed by atoms with van der Waals surface area (Å²) in [7, 11) is 1.59. The van der Waals surface area contributed by atoms with Crippen LogP contribution in [-0.2, 0) is 11.3 Å². The van der Waals surface area contributed by atoms with Crippen molar-refractivity contribution >= 4 is 49.9 Å². The highest BCUT2D eigenvalue weighted by Crippen LogP contribution is 2.32. The van der Waals surface area contributed by atoms with Crippen molar-refractivity contribution in [2.75, 3.05) is 7.11 Å². The minimum absolute atomic E-state index is 0.130. The minimum atomic E-state index is -0.130. The topological polar surface area (TPSA) is 55.0 Å². The summed E-state index contributed by atoms with van der Waals surface area (Å²) in [5.41, 5.74) is 0.536. The summed E-state index contributed by atoms with van der Waals surface area (Å²) >= 11 is 7.03. The van der Waals surface area contributed by atoms with E-state index in [1.165, 1.54) is 0 Å². The van der Waals surface area contributed by atoms with E-state index in [-0.39, 0.29) is 5.56 Å². The van der Waals surface area contributed by atoms with Crippen molar-refractivity contribution in [1.29, 1.82) is 0 Å². The first-order chi connectivity index (χ1) is 8.52. The van der Waals surface area contributed by atoms with Crippen molar-refractivity contribution in [2.24, 2.45) is 0 Å².